The predicted octanol–water partition coefficient (Wildman–Crippen LogP) is 4.60. The molecule has 0 saturated carbocycles. The fourth-order valence-corrected chi connectivity index (χ4v) is 3.73. The van der Waals surface area contributed by atoms with Gasteiger partial charge in [0, 0.05) is 37.8 Å². The molecule has 6 nitrogen and oxygen atoms in total. The number of imidazole rings is 1. The lowest BCUT2D eigenvalue weighted by atomic mass is 10.0. The molecule has 4 rings (SSSR count). The Kier molecular flexibility index (Phi) is 6.30. The zero-order valence-corrected chi connectivity index (χ0v) is 18.0. The molecule has 2 heterocycles. The van der Waals surface area contributed by atoms with E-state index >= 15 is 0 Å². The van der Waals surface area contributed by atoms with Gasteiger partial charge in [-0.15, -0.1) is 0 Å². The van der Waals surface area contributed by atoms with Crippen LogP contribution in [-0.4, -0.2) is 57.8 Å². The Morgan fingerprint density at radius 2 is 1.46 bits per heavy atom. The number of carbonyl (C=O) groups excluding carboxylic acids is 2. The lowest BCUT2D eigenvalue weighted by Crippen LogP contribution is -2.50. The topological polar surface area (TPSA) is 69.3 Å². The maximum absolute atomic E-state index is 13.0. The van der Waals surface area contributed by atoms with E-state index in [4.69, 9.17) is 0 Å². The minimum atomic E-state index is -4.97. The summed E-state index contributed by atoms with van der Waals surface area (Å²) in [5, 5.41) is 0. The summed E-state index contributed by atoms with van der Waals surface area (Å²) < 4.78 is 78.0. The summed E-state index contributed by atoms with van der Waals surface area (Å²) in [7, 11) is 0. The Labute approximate surface area is 194 Å². The Morgan fingerprint density at radius 1 is 0.857 bits per heavy atom. The van der Waals surface area contributed by atoms with Crippen molar-refractivity contribution in [1.29, 1.82) is 0 Å². The highest BCUT2D eigenvalue weighted by Crippen LogP contribution is 2.36. The van der Waals surface area contributed by atoms with Crippen LogP contribution in [0, 0.1) is 0 Å². The molecule has 1 saturated heterocycles. The summed E-state index contributed by atoms with van der Waals surface area (Å²) >= 11 is 0. The smallest absolute Gasteiger partial charge is 0.345 e. The number of hydrogen-bond acceptors (Lipinski definition) is 3. The monoisotopic (exact) mass is 496 g/mol. The average molecular weight is 496 g/mol. The van der Waals surface area contributed by atoms with Crippen LogP contribution in [-0.2, 0) is 17.1 Å². The van der Waals surface area contributed by atoms with Crippen LogP contribution in [0.1, 0.15) is 27.0 Å². The third-order valence-corrected chi connectivity index (χ3v) is 5.57. The minimum absolute atomic E-state index is 0.0273. The Morgan fingerprint density at radius 3 is 2.06 bits per heavy atom. The summed E-state index contributed by atoms with van der Waals surface area (Å²) in [5.74, 6) is -0.810. The van der Waals surface area contributed by atoms with E-state index in [1.807, 2.05) is 0 Å². The van der Waals surface area contributed by atoms with Crippen LogP contribution in [0.5, 0.6) is 0 Å². The van der Waals surface area contributed by atoms with E-state index in [1.54, 1.807) is 23.1 Å². The van der Waals surface area contributed by atoms with Crippen LogP contribution < -0.4 is 0 Å². The highest BCUT2D eigenvalue weighted by molar-refractivity contribution is 5.97. The molecule has 1 aromatic heterocycles. The van der Waals surface area contributed by atoms with Gasteiger partial charge in [-0.25, -0.2) is 4.98 Å². The number of alkyl halides is 6. The highest BCUT2D eigenvalue weighted by atomic mass is 19.4. The number of nitrogens with zero attached hydrogens (tertiary/aromatic N) is 3. The number of nitrogens with one attached hydrogen (secondary N) is 1. The number of aromatic amines is 1. The zero-order valence-electron chi connectivity index (χ0n) is 18.0. The minimum Gasteiger partial charge on any atom is -0.345 e. The number of carbonyl (C=O) groups is 2. The van der Waals surface area contributed by atoms with Crippen molar-refractivity contribution in [1.82, 2.24) is 19.8 Å². The van der Waals surface area contributed by atoms with Gasteiger partial charge in [-0.2, -0.15) is 26.3 Å². The molecular formula is C23H18F6N4O2. The number of aromatic nitrogens is 2. The van der Waals surface area contributed by atoms with Gasteiger partial charge < -0.3 is 14.8 Å². The first-order valence-electron chi connectivity index (χ1n) is 10.4. The summed E-state index contributed by atoms with van der Waals surface area (Å²) in [6, 6.07) is 6.16. The van der Waals surface area contributed by atoms with Gasteiger partial charge in [0.25, 0.3) is 5.91 Å². The molecule has 184 valence electrons. The largest absolute Gasteiger partial charge is 0.416 e. The summed E-state index contributed by atoms with van der Waals surface area (Å²) in [4.78, 5) is 35.2. The van der Waals surface area contributed by atoms with E-state index in [9.17, 15) is 35.9 Å². The van der Waals surface area contributed by atoms with E-state index in [0.29, 0.717) is 28.7 Å². The highest BCUT2D eigenvalue weighted by Gasteiger charge is 2.36. The third kappa shape index (κ3) is 5.47. The number of H-pyrrole nitrogens is 1. The van der Waals surface area contributed by atoms with Gasteiger partial charge in [-0.05, 0) is 48.0 Å². The summed E-state index contributed by atoms with van der Waals surface area (Å²) in [6.45, 7) is 0.775. The van der Waals surface area contributed by atoms with E-state index in [-0.39, 0.29) is 38.2 Å². The maximum atomic E-state index is 13.0. The number of halogens is 6. The van der Waals surface area contributed by atoms with Gasteiger partial charge in [0.2, 0.25) is 5.91 Å². The molecule has 0 radical (unpaired) electrons. The van der Waals surface area contributed by atoms with Gasteiger partial charge in [0.05, 0.1) is 28.5 Å². The van der Waals surface area contributed by atoms with Crippen LogP contribution in [0.25, 0.3) is 17.1 Å². The number of amides is 2. The number of rotatable bonds is 3. The molecule has 0 spiro atoms. The van der Waals surface area contributed by atoms with E-state index < -0.39 is 35.0 Å². The third-order valence-electron chi connectivity index (χ3n) is 5.57. The number of fused-ring (bicyclic) bond motifs is 1. The Balaban J connectivity index is 1.41. The molecule has 2 amide bonds. The lowest BCUT2D eigenvalue weighted by molar-refractivity contribution is -0.143. The van der Waals surface area contributed by atoms with E-state index in [2.05, 4.69) is 9.97 Å². The normalized spacial score (nSPS) is 15.3. The zero-order chi connectivity index (χ0) is 25.4. The maximum Gasteiger partial charge on any atom is 0.416 e. The molecular weight excluding hydrogens is 478 g/mol. The molecule has 1 fully saturated rings. The van der Waals surface area contributed by atoms with E-state index in [1.165, 1.54) is 11.2 Å². The molecule has 35 heavy (non-hydrogen) atoms. The van der Waals surface area contributed by atoms with Crippen LogP contribution in [0.3, 0.4) is 0 Å². The van der Waals surface area contributed by atoms with Gasteiger partial charge >= 0.3 is 12.4 Å². The lowest BCUT2D eigenvalue weighted by Gasteiger charge is -2.34. The SMILES string of the molecule is O=C(C=Cc1cc(C(F)(F)F)cc(C(F)(F)F)c1)N1CCN(C(=O)c2ccc3nc[nH]c3c2)CC1. The van der Waals surface area contributed by atoms with Crippen LogP contribution in [0.15, 0.2) is 48.8 Å². The molecule has 0 atom stereocenters. The Bertz CT molecular complexity index is 1250. The number of hydrogen-bond donors (Lipinski definition) is 1. The second-order valence-electron chi connectivity index (χ2n) is 7.92. The summed E-state index contributed by atoms with van der Waals surface area (Å²) in [6.07, 6.45) is -6.58. The van der Waals surface area contributed by atoms with Gasteiger partial charge in [0.1, 0.15) is 0 Å². The van der Waals surface area contributed by atoms with Crippen molar-refractivity contribution in [3.05, 3.63) is 71.1 Å². The Hall–Kier alpha value is -3.83. The molecule has 0 aliphatic carbocycles. The van der Waals surface area contributed by atoms with Crippen molar-refractivity contribution in [3.63, 3.8) is 0 Å². The predicted molar refractivity (Wildman–Crippen MR) is 114 cm³/mol. The second-order valence-corrected chi connectivity index (χ2v) is 7.92. The van der Waals surface area contributed by atoms with Crippen molar-refractivity contribution in [2.24, 2.45) is 0 Å². The molecule has 2 aromatic carbocycles. The first kappa shape index (κ1) is 24.3. The molecule has 12 heteroatoms. The average Bonchev–Trinajstić information content (AvgIpc) is 3.29. The molecule has 0 bridgehead atoms. The van der Waals surface area contributed by atoms with Crippen molar-refractivity contribution >= 4 is 28.9 Å². The fraction of sp³-hybridized carbons (Fsp3) is 0.261. The molecule has 3 aromatic rings. The molecule has 1 aliphatic heterocycles. The first-order chi connectivity index (χ1) is 16.4. The van der Waals surface area contributed by atoms with Crippen LogP contribution in [0.4, 0.5) is 26.3 Å². The first-order valence-corrected chi connectivity index (χ1v) is 10.4. The molecule has 1 aliphatic rings. The van der Waals surface area contributed by atoms with Gasteiger partial charge in [-0.1, -0.05) is 0 Å². The number of benzene rings is 2. The second kappa shape index (κ2) is 9.08. The summed E-state index contributed by atoms with van der Waals surface area (Å²) in [5.41, 5.74) is -1.44. The van der Waals surface area contributed by atoms with Crippen molar-refractivity contribution in [2.75, 3.05) is 26.2 Å². The molecule has 1 N–H and O–H groups in total. The van der Waals surface area contributed by atoms with Crippen LogP contribution >= 0.6 is 0 Å². The van der Waals surface area contributed by atoms with Gasteiger partial charge in [0.15, 0.2) is 0 Å². The fourth-order valence-electron chi connectivity index (χ4n) is 3.73. The van der Waals surface area contributed by atoms with E-state index in [0.717, 1.165) is 12.2 Å². The number of piperazine rings is 1. The van der Waals surface area contributed by atoms with Crippen molar-refractivity contribution in [3.8, 4) is 0 Å². The quantitative estimate of drug-likeness (QED) is 0.426. The van der Waals surface area contributed by atoms with Crippen molar-refractivity contribution in [2.45, 2.75) is 12.4 Å². The standard InChI is InChI=1S/C23H18F6N4O2/c24-22(25,26)16-9-14(10-17(12-16)23(27,28)29)1-4-20(34)32-5-7-33(8-6-32)21(35)15-2-3-18-19(11-15)31-13-30-18/h1-4,9-13H,5-8H2,(H,30,31). The molecule has 0 unspecified atom stereocenters. The van der Waals surface area contributed by atoms with Crippen LogP contribution in [0.2, 0.25) is 0 Å². The van der Waals surface area contributed by atoms with Crippen molar-refractivity contribution < 1.29 is 35.9 Å². The van der Waals surface area contributed by atoms with Gasteiger partial charge in [-0.3, -0.25) is 9.59 Å².